The molecule has 4 heterocycles. The number of nitrogens with zero attached hydrogens (tertiary/aromatic N) is 4. The van der Waals surface area contributed by atoms with E-state index in [1.54, 1.807) is 31.3 Å². The van der Waals surface area contributed by atoms with Crippen molar-refractivity contribution in [1.29, 1.82) is 0 Å². The van der Waals surface area contributed by atoms with Gasteiger partial charge in [0.15, 0.2) is 0 Å². The zero-order valence-corrected chi connectivity index (χ0v) is 36.6. The summed E-state index contributed by atoms with van der Waals surface area (Å²) in [5, 5.41) is 14.0. The zero-order chi connectivity index (χ0) is 44.0. The fourth-order valence-corrected chi connectivity index (χ4v) is 10.3. The number of anilines is 2. The van der Waals surface area contributed by atoms with E-state index in [1.165, 1.54) is 35.0 Å². The predicted octanol–water partition coefficient (Wildman–Crippen LogP) is 7.68. The number of carbonyl (C=O) groups excluding carboxylic acids is 1. The number of nitrogens with one attached hydrogen (secondary N) is 2. The molecule has 17 heteroatoms. The number of pyridine rings is 1. The number of ether oxygens (including phenoxy) is 2. The number of amides is 1. The van der Waals surface area contributed by atoms with Crippen LogP contribution in [-0.4, -0.2) is 80.1 Å². The first-order valence-corrected chi connectivity index (χ1v) is 22.6. The molecule has 3 aliphatic rings. The third-order valence-corrected chi connectivity index (χ3v) is 14.0. The van der Waals surface area contributed by atoms with Crippen molar-refractivity contribution >= 4 is 61.2 Å². The summed E-state index contributed by atoms with van der Waals surface area (Å²) in [6.45, 7) is 10.6. The fraction of sp³-hybridized carbons (Fsp3) is 0.378. The van der Waals surface area contributed by atoms with E-state index < -0.39 is 42.7 Å². The Morgan fingerprint density at radius 3 is 2.48 bits per heavy atom. The van der Waals surface area contributed by atoms with Crippen LogP contribution < -0.4 is 25.8 Å². The number of aryl methyl sites for hydroxylation is 1. The largest absolute Gasteiger partial charge is 0.455 e. The molecule has 0 radical (unpaired) electrons. The predicted molar refractivity (Wildman–Crippen MR) is 240 cm³/mol. The number of nitrogens with two attached hydrogens (primary N) is 2. The highest BCUT2D eigenvalue weighted by Gasteiger charge is 2.41. The smallest absolute Gasteiger partial charge is 0.298 e. The van der Waals surface area contributed by atoms with E-state index in [0.29, 0.717) is 24.5 Å². The summed E-state index contributed by atoms with van der Waals surface area (Å²) in [7, 11) is -4.77. The van der Waals surface area contributed by atoms with Crippen LogP contribution in [0.3, 0.4) is 0 Å². The number of aromatic nitrogens is 2. The molecule has 2 aliphatic heterocycles. The molecule has 1 aliphatic carbocycles. The van der Waals surface area contributed by atoms with Gasteiger partial charge in [0.05, 0.1) is 27.8 Å². The fourth-order valence-electron chi connectivity index (χ4n) is 9.02. The first kappa shape index (κ1) is 43.1. The highest BCUT2D eigenvalue weighted by Crippen LogP contribution is 2.45. The molecule has 0 atom stereocenters. The molecule has 0 unspecified atom stereocenters. The maximum absolute atomic E-state index is 14.1. The second-order valence-electron chi connectivity index (χ2n) is 17.4. The number of allylic oxidation sites excluding steroid dienone is 1. The average molecular weight is 883 g/mol. The second kappa shape index (κ2) is 17.0. The van der Waals surface area contributed by atoms with Crippen molar-refractivity contribution in [1.82, 2.24) is 19.6 Å². The molecular formula is C45H51ClN8O7S. The Morgan fingerprint density at radius 2 is 1.77 bits per heavy atom. The summed E-state index contributed by atoms with van der Waals surface area (Å²) < 4.78 is 41.8. The van der Waals surface area contributed by atoms with Gasteiger partial charge in [0.2, 0.25) is 0 Å². The van der Waals surface area contributed by atoms with Crippen molar-refractivity contribution in [3.05, 3.63) is 116 Å². The van der Waals surface area contributed by atoms with Crippen LogP contribution in [0.25, 0.3) is 16.6 Å². The number of nitrogen functional groups attached to an aromatic ring is 1. The first-order chi connectivity index (χ1) is 29.5. The molecule has 5 aromatic rings. The zero-order valence-electron chi connectivity index (χ0n) is 35.0. The lowest BCUT2D eigenvalue weighted by molar-refractivity contribution is -0.385. The summed E-state index contributed by atoms with van der Waals surface area (Å²) in [6, 6.07) is 17.9. The van der Waals surface area contributed by atoms with Gasteiger partial charge in [-0.1, -0.05) is 43.2 Å². The van der Waals surface area contributed by atoms with Gasteiger partial charge < -0.3 is 30.8 Å². The van der Waals surface area contributed by atoms with Crippen molar-refractivity contribution in [3.8, 4) is 11.5 Å². The lowest BCUT2D eigenvalue weighted by atomic mass is 9.72. The summed E-state index contributed by atoms with van der Waals surface area (Å²) in [5.41, 5.74) is 16.6. The molecular weight excluding hydrogens is 832 g/mol. The second-order valence-corrected chi connectivity index (χ2v) is 19.4. The Balaban J connectivity index is 1.05. The third kappa shape index (κ3) is 8.88. The number of nitro benzene ring substituents is 1. The maximum atomic E-state index is 14.1. The van der Waals surface area contributed by atoms with Crippen LogP contribution in [0.5, 0.6) is 11.5 Å². The van der Waals surface area contributed by atoms with Crippen LogP contribution in [0, 0.1) is 22.5 Å². The van der Waals surface area contributed by atoms with Crippen LogP contribution in [-0.2, 0) is 20.3 Å². The molecule has 2 aromatic heterocycles. The van der Waals surface area contributed by atoms with Crippen molar-refractivity contribution in [2.24, 2.45) is 11.1 Å². The normalized spacial score (nSPS) is 18.2. The van der Waals surface area contributed by atoms with E-state index in [4.69, 9.17) is 32.5 Å². The summed E-state index contributed by atoms with van der Waals surface area (Å²) in [5.74, 6) is -0.603. The molecule has 6 N–H and O–H groups in total. The minimum Gasteiger partial charge on any atom is -0.455 e. The van der Waals surface area contributed by atoms with Crippen molar-refractivity contribution < 1.29 is 27.6 Å². The van der Waals surface area contributed by atoms with Crippen LogP contribution in [0.15, 0.2) is 83.5 Å². The van der Waals surface area contributed by atoms with E-state index in [0.717, 1.165) is 55.0 Å². The van der Waals surface area contributed by atoms with E-state index >= 15 is 0 Å². The summed E-state index contributed by atoms with van der Waals surface area (Å²) in [4.78, 5) is 37.3. The highest BCUT2D eigenvalue weighted by atomic mass is 35.5. The number of carbonyl (C=O) groups is 1. The Hall–Kier alpha value is -5.52. The summed E-state index contributed by atoms with van der Waals surface area (Å²) >= 11 is 6.24. The monoisotopic (exact) mass is 882 g/mol. The standard InChI is InChI=1S/C45H51ClN8O7S/c1-28-22-38(40(47)41(54(56)57)39(28)45(48)13-20-60-21-14-45)62(58,59)51-43(55)35-9-8-33(24-37(35)61-34-23-30-11-15-49-42(30)50-26-34)53-18-16-52(17-19-53)27-31-10-12-44(2,3)25-36(31)29-4-6-32(46)7-5-29/h4-9,11,15,22-24,26H,10,12-14,16-21,25,27,47-48H2,1-3H3,(H,49,50)(H,51,55). The minimum absolute atomic E-state index is 0.0865. The molecule has 326 valence electrons. The molecule has 15 nitrogen and oxygen atoms in total. The van der Waals surface area contributed by atoms with Gasteiger partial charge in [0.1, 0.15) is 27.7 Å². The quantitative estimate of drug-likeness (QED) is 0.0572. The molecule has 0 spiro atoms. The van der Waals surface area contributed by atoms with Gasteiger partial charge in [0.25, 0.3) is 21.6 Å². The third-order valence-electron chi connectivity index (χ3n) is 12.4. The van der Waals surface area contributed by atoms with Crippen molar-refractivity contribution in [3.63, 3.8) is 0 Å². The number of halogens is 1. The Bertz CT molecular complexity index is 2690. The molecule has 0 saturated carbocycles. The number of aromatic amines is 1. The SMILES string of the molecule is Cc1cc(S(=O)(=O)NC(=O)c2ccc(N3CCN(CC4=C(c5ccc(Cl)cc5)CC(C)(C)CC4)CC3)cc2Oc2cnc3[nH]ccc3c2)c(N)c([N+](=O)[O-])c1C1(N)CCOCC1. The average Bonchev–Trinajstić information content (AvgIpc) is 3.70. The summed E-state index contributed by atoms with van der Waals surface area (Å²) in [6.07, 6.45) is 6.98. The molecule has 0 bridgehead atoms. The number of H-pyrrole nitrogens is 1. The first-order valence-electron chi connectivity index (χ1n) is 20.7. The van der Waals surface area contributed by atoms with Crippen LogP contribution in [0.4, 0.5) is 17.1 Å². The molecule has 2 saturated heterocycles. The van der Waals surface area contributed by atoms with Gasteiger partial charge in [0, 0.05) is 74.3 Å². The van der Waals surface area contributed by atoms with Gasteiger partial charge in [-0.2, -0.15) is 0 Å². The number of nitro groups is 1. The van der Waals surface area contributed by atoms with E-state index in [-0.39, 0.29) is 53.9 Å². The lowest BCUT2D eigenvalue weighted by Crippen LogP contribution is -2.47. The molecule has 3 aromatic carbocycles. The minimum atomic E-state index is -4.77. The molecule has 8 rings (SSSR count). The number of rotatable bonds is 11. The van der Waals surface area contributed by atoms with Crippen LogP contribution in [0.1, 0.15) is 73.0 Å². The lowest BCUT2D eigenvalue weighted by Gasteiger charge is -2.39. The highest BCUT2D eigenvalue weighted by molar-refractivity contribution is 7.90. The number of hydrogen-bond acceptors (Lipinski definition) is 12. The number of benzene rings is 3. The number of sulfonamides is 1. The van der Waals surface area contributed by atoms with E-state index in [9.17, 15) is 23.3 Å². The van der Waals surface area contributed by atoms with Gasteiger partial charge in [-0.05, 0) is 104 Å². The molecule has 2 fully saturated rings. The van der Waals surface area contributed by atoms with Gasteiger partial charge in [-0.25, -0.2) is 18.1 Å². The Morgan fingerprint density at radius 1 is 1.05 bits per heavy atom. The van der Waals surface area contributed by atoms with Crippen molar-refractivity contribution in [2.45, 2.75) is 63.3 Å². The van der Waals surface area contributed by atoms with E-state index in [1.807, 2.05) is 18.2 Å². The molecule has 1 amide bonds. The van der Waals surface area contributed by atoms with Gasteiger partial charge >= 0.3 is 0 Å². The van der Waals surface area contributed by atoms with Crippen LogP contribution in [0.2, 0.25) is 5.02 Å². The van der Waals surface area contributed by atoms with Gasteiger partial charge in [-0.15, -0.1) is 0 Å². The topological polar surface area (TPSA) is 212 Å². The van der Waals surface area contributed by atoms with Gasteiger partial charge in [-0.3, -0.25) is 19.8 Å². The number of piperazine rings is 1. The number of hydrogen-bond donors (Lipinski definition) is 4. The Labute approximate surface area is 365 Å². The molecule has 62 heavy (non-hydrogen) atoms. The number of fused-ring (bicyclic) bond motifs is 1. The van der Waals surface area contributed by atoms with E-state index in [2.05, 4.69) is 50.5 Å². The maximum Gasteiger partial charge on any atom is 0.298 e. The van der Waals surface area contributed by atoms with Crippen LogP contribution >= 0.6 is 11.6 Å². The van der Waals surface area contributed by atoms with Crippen molar-refractivity contribution in [2.75, 3.05) is 56.6 Å². The Kier molecular flexibility index (Phi) is 11.8.